The number of benzene rings is 1. The average Bonchev–Trinajstić information content (AvgIpc) is 2.78. The van der Waals surface area contributed by atoms with E-state index in [1.165, 1.54) is 20.4 Å². The first-order valence-corrected chi connectivity index (χ1v) is 9.57. The van der Waals surface area contributed by atoms with Gasteiger partial charge in [-0.05, 0) is 29.8 Å². The Morgan fingerprint density at radius 3 is 2.59 bits per heavy atom. The minimum Gasteiger partial charge on any atom is -0.494 e. The van der Waals surface area contributed by atoms with E-state index in [-0.39, 0.29) is 29.4 Å². The topological polar surface area (TPSA) is 115 Å². The summed E-state index contributed by atoms with van der Waals surface area (Å²) in [5.74, 6) is -2.86. The van der Waals surface area contributed by atoms with Crippen molar-refractivity contribution in [3.8, 4) is 23.0 Å². The summed E-state index contributed by atoms with van der Waals surface area (Å²) in [6.07, 6.45) is -3.62. The number of nitrogens with one attached hydrogen (secondary N) is 2. The van der Waals surface area contributed by atoms with Gasteiger partial charge in [0.2, 0.25) is 0 Å². The van der Waals surface area contributed by atoms with Crippen molar-refractivity contribution >= 4 is 5.91 Å². The van der Waals surface area contributed by atoms with Crippen molar-refractivity contribution < 1.29 is 36.6 Å². The Balaban J connectivity index is 1.89. The van der Waals surface area contributed by atoms with Gasteiger partial charge in [0, 0.05) is 19.4 Å². The van der Waals surface area contributed by atoms with Crippen LogP contribution in [-0.4, -0.2) is 48.0 Å². The van der Waals surface area contributed by atoms with E-state index in [9.17, 15) is 27.2 Å². The van der Waals surface area contributed by atoms with Gasteiger partial charge in [-0.15, -0.1) is 13.2 Å². The molecule has 1 aromatic carbocycles. The second-order valence-electron chi connectivity index (χ2n) is 6.75. The first-order valence-electron chi connectivity index (χ1n) is 9.57. The number of H-pyrrole nitrogens is 1. The average molecular weight is 482 g/mol. The number of halogens is 4. The number of aromatic nitrogens is 3. The molecule has 0 saturated carbocycles. The lowest BCUT2D eigenvalue weighted by Crippen LogP contribution is -2.33. The standard InChI is InChI=1S/C21H18F4N4O5/c1-32-10-14(11-5-6-15(12(22)8-11)34-21(23,24)25)28-20(31)13-9-17(30)29-19(27-13)18-16(33-2)4-3-7-26-18/h3-9,14H,10H2,1-2H3,(H,28,31)(H,27,29,30)/t14-/m1/s1. The van der Waals surface area contributed by atoms with E-state index in [2.05, 4.69) is 25.0 Å². The lowest BCUT2D eigenvalue weighted by molar-refractivity contribution is -0.275. The molecular weight excluding hydrogens is 464 g/mol. The molecule has 0 bridgehead atoms. The summed E-state index contributed by atoms with van der Waals surface area (Å²) in [7, 11) is 2.71. The van der Waals surface area contributed by atoms with Crippen molar-refractivity contribution in [2.75, 3.05) is 20.8 Å². The molecule has 1 atom stereocenters. The van der Waals surface area contributed by atoms with Crippen LogP contribution in [0.5, 0.6) is 11.5 Å². The molecule has 0 fully saturated rings. The smallest absolute Gasteiger partial charge is 0.494 e. The van der Waals surface area contributed by atoms with Gasteiger partial charge < -0.3 is 24.5 Å². The molecule has 1 amide bonds. The molecule has 0 aliphatic rings. The molecule has 2 heterocycles. The number of rotatable bonds is 8. The zero-order valence-electron chi connectivity index (χ0n) is 17.8. The van der Waals surface area contributed by atoms with E-state index in [4.69, 9.17) is 9.47 Å². The molecule has 13 heteroatoms. The Kier molecular flexibility index (Phi) is 7.46. The minimum absolute atomic E-state index is 0.0295. The van der Waals surface area contributed by atoms with Crippen LogP contribution < -0.4 is 20.3 Å². The number of carbonyl (C=O) groups is 1. The summed E-state index contributed by atoms with van der Waals surface area (Å²) in [5, 5.41) is 2.52. The monoisotopic (exact) mass is 482 g/mol. The Bertz CT molecular complexity index is 1230. The van der Waals surface area contributed by atoms with Crippen molar-refractivity contribution in [2.24, 2.45) is 0 Å². The Morgan fingerprint density at radius 1 is 1.18 bits per heavy atom. The fraction of sp³-hybridized carbons (Fsp3) is 0.238. The second kappa shape index (κ2) is 10.3. The lowest BCUT2D eigenvalue weighted by atomic mass is 10.1. The maximum atomic E-state index is 14.2. The quantitative estimate of drug-likeness (QED) is 0.475. The molecule has 0 aliphatic heterocycles. The third-order valence-electron chi connectivity index (χ3n) is 4.41. The number of carbonyl (C=O) groups excluding carboxylic acids is 1. The maximum absolute atomic E-state index is 14.2. The highest BCUT2D eigenvalue weighted by Gasteiger charge is 2.32. The Labute approximate surface area is 189 Å². The van der Waals surface area contributed by atoms with Crippen molar-refractivity contribution in [3.05, 3.63) is 70.0 Å². The van der Waals surface area contributed by atoms with E-state index < -0.39 is 35.4 Å². The van der Waals surface area contributed by atoms with Gasteiger partial charge in [0.05, 0.1) is 19.8 Å². The number of aromatic amines is 1. The van der Waals surface area contributed by atoms with Gasteiger partial charge in [-0.2, -0.15) is 0 Å². The normalized spacial score (nSPS) is 12.2. The van der Waals surface area contributed by atoms with Crippen LogP contribution in [0, 0.1) is 5.82 Å². The van der Waals surface area contributed by atoms with E-state index >= 15 is 0 Å². The maximum Gasteiger partial charge on any atom is 0.573 e. The van der Waals surface area contributed by atoms with Gasteiger partial charge in [0.15, 0.2) is 17.4 Å². The number of methoxy groups -OCH3 is 2. The van der Waals surface area contributed by atoms with Crippen molar-refractivity contribution in [2.45, 2.75) is 12.4 Å². The lowest BCUT2D eigenvalue weighted by Gasteiger charge is -2.19. The van der Waals surface area contributed by atoms with Crippen LogP contribution in [0.2, 0.25) is 0 Å². The summed E-state index contributed by atoms with van der Waals surface area (Å²) in [4.78, 5) is 35.7. The predicted molar refractivity (Wildman–Crippen MR) is 110 cm³/mol. The van der Waals surface area contributed by atoms with E-state index in [0.29, 0.717) is 5.75 Å². The highest BCUT2D eigenvalue weighted by Crippen LogP contribution is 2.28. The molecule has 0 spiro atoms. The first-order chi connectivity index (χ1) is 16.1. The zero-order chi connectivity index (χ0) is 24.9. The van der Waals surface area contributed by atoms with Gasteiger partial charge in [0.25, 0.3) is 11.5 Å². The highest BCUT2D eigenvalue weighted by atomic mass is 19.4. The molecular formula is C21H18F4N4O5. The highest BCUT2D eigenvalue weighted by molar-refractivity contribution is 5.92. The molecule has 0 unspecified atom stereocenters. The van der Waals surface area contributed by atoms with Gasteiger partial charge >= 0.3 is 6.36 Å². The molecule has 3 aromatic rings. The number of nitrogens with zero attached hydrogens (tertiary/aromatic N) is 2. The molecule has 0 aliphatic carbocycles. The number of hydrogen-bond acceptors (Lipinski definition) is 7. The van der Waals surface area contributed by atoms with Gasteiger partial charge in [0.1, 0.15) is 17.1 Å². The number of alkyl halides is 3. The third kappa shape index (κ3) is 6.07. The minimum atomic E-state index is -5.07. The summed E-state index contributed by atoms with van der Waals surface area (Å²) in [6.45, 7) is -0.158. The van der Waals surface area contributed by atoms with E-state index in [0.717, 1.165) is 24.3 Å². The SMILES string of the molecule is COC[C@@H](NC(=O)c1cc(=O)[nH]c(-c2ncccc2OC)n1)c1ccc(OC(F)(F)F)c(F)c1. The molecule has 9 nitrogen and oxygen atoms in total. The van der Waals surface area contributed by atoms with Crippen LogP contribution in [-0.2, 0) is 4.74 Å². The molecule has 0 saturated heterocycles. The number of pyridine rings is 1. The molecule has 0 radical (unpaired) electrons. The number of amides is 1. The van der Waals surface area contributed by atoms with E-state index in [1.807, 2.05) is 0 Å². The second-order valence-corrected chi connectivity index (χ2v) is 6.75. The summed E-state index contributed by atoms with van der Waals surface area (Å²) in [5.41, 5.74) is -0.651. The van der Waals surface area contributed by atoms with Gasteiger partial charge in [-0.25, -0.2) is 14.4 Å². The molecule has 180 valence electrons. The summed E-state index contributed by atoms with van der Waals surface area (Å²) < 4.78 is 65.1. The summed E-state index contributed by atoms with van der Waals surface area (Å²) in [6, 6.07) is 5.86. The van der Waals surface area contributed by atoms with Gasteiger partial charge in [-0.3, -0.25) is 9.59 Å². The van der Waals surface area contributed by atoms with Crippen LogP contribution in [0.1, 0.15) is 22.1 Å². The fourth-order valence-corrected chi connectivity index (χ4v) is 2.98. The Morgan fingerprint density at radius 2 is 1.94 bits per heavy atom. The van der Waals surface area contributed by atoms with Crippen molar-refractivity contribution in [3.63, 3.8) is 0 Å². The van der Waals surface area contributed by atoms with Crippen LogP contribution in [0.25, 0.3) is 11.5 Å². The largest absolute Gasteiger partial charge is 0.573 e. The Hall–Kier alpha value is -4.00. The van der Waals surface area contributed by atoms with Crippen molar-refractivity contribution in [1.82, 2.24) is 20.3 Å². The van der Waals surface area contributed by atoms with Crippen LogP contribution in [0.3, 0.4) is 0 Å². The molecule has 2 aromatic heterocycles. The molecule has 34 heavy (non-hydrogen) atoms. The van der Waals surface area contributed by atoms with Gasteiger partial charge in [-0.1, -0.05) is 6.07 Å². The predicted octanol–water partition coefficient (Wildman–Crippen LogP) is 3.00. The van der Waals surface area contributed by atoms with Crippen molar-refractivity contribution in [1.29, 1.82) is 0 Å². The zero-order valence-corrected chi connectivity index (χ0v) is 17.8. The first kappa shape index (κ1) is 24.6. The van der Waals surface area contributed by atoms with Crippen LogP contribution in [0.4, 0.5) is 17.6 Å². The summed E-state index contributed by atoms with van der Waals surface area (Å²) >= 11 is 0. The van der Waals surface area contributed by atoms with E-state index in [1.54, 1.807) is 12.1 Å². The molecule has 3 rings (SSSR count). The third-order valence-corrected chi connectivity index (χ3v) is 4.41. The number of ether oxygens (including phenoxy) is 3. The van der Waals surface area contributed by atoms with Crippen LogP contribution >= 0.6 is 0 Å². The van der Waals surface area contributed by atoms with Crippen LogP contribution in [0.15, 0.2) is 47.4 Å². The molecule has 2 N–H and O–H groups in total. The fourth-order valence-electron chi connectivity index (χ4n) is 2.98. The number of hydrogen-bond donors (Lipinski definition) is 2.